The van der Waals surface area contributed by atoms with E-state index in [1.54, 1.807) is 11.9 Å². The van der Waals surface area contributed by atoms with Crippen molar-refractivity contribution in [2.45, 2.75) is 82.5 Å². The van der Waals surface area contributed by atoms with Crippen LogP contribution >= 0.6 is 0 Å². The monoisotopic (exact) mass is 423 g/mol. The summed E-state index contributed by atoms with van der Waals surface area (Å²) in [6.45, 7) is 5.13. The summed E-state index contributed by atoms with van der Waals surface area (Å²) in [7, 11) is 1.58. The van der Waals surface area contributed by atoms with Gasteiger partial charge in [-0.2, -0.15) is 0 Å². The molecule has 2 unspecified atom stereocenters. The summed E-state index contributed by atoms with van der Waals surface area (Å²) in [5.74, 6) is -1.72. The van der Waals surface area contributed by atoms with Gasteiger partial charge in [-0.3, -0.25) is 14.4 Å². The van der Waals surface area contributed by atoms with Gasteiger partial charge < -0.3 is 25.4 Å². The van der Waals surface area contributed by atoms with Crippen molar-refractivity contribution in [1.82, 2.24) is 15.5 Å². The van der Waals surface area contributed by atoms with Gasteiger partial charge in [0.25, 0.3) is 0 Å². The molecule has 0 radical (unpaired) electrons. The van der Waals surface area contributed by atoms with Crippen LogP contribution in [0.4, 0.5) is 0 Å². The first kappa shape index (κ1) is 23.0. The molecular formula is C22H37N3O5. The Balaban J connectivity index is 1.87. The summed E-state index contributed by atoms with van der Waals surface area (Å²) < 4.78 is 6.47. The average molecular weight is 424 g/mol. The van der Waals surface area contributed by atoms with Crippen LogP contribution in [0.3, 0.4) is 0 Å². The highest BCUT2D eigenvalue weighted by Gasteiger charge is 2.77. The van der Waals surface area contributed by atoms with Gasteiger partial charge in [-0.1, -0.05) is 19.8 Å². The van der Waals surface area contributed by atoms with E-state index in [2.05, 4.69) is 17.6 Å². The first-order valence-electron chi connectivity index (χ1n) is 11.5. The number of ether oxygens (including phenoxy) is 1. The van der Waals surface area contributed by atoms with E-state index in [-0.39, 0.29) is 24.3 Å². The number of carbonyl (C=O) groups is 3. The van der Waals surface area contributed by atoms with E-state index in [1.807, 2.05) is 6.92 Å². The van der Waals surface area contributed by atoms with E-state index in [0.717, 1.165) is 25.7 Å². The minimum absolute atomic E-state index is 0.113. The number of aliphatic hydroxyl groups is 1. The van der Waals surface area contributed by atoms with Gasteiger partial charge in [0.2, 0.25) is 17.7 Å². The highest BCUT2D eigenvalue weighted by atomic mass is 16.5. The lowest BCUT2D eigenvalue weighted by Crippen LogP contribution is -2.55. The molecule has 3 saturated heterocycles. The van der Waals surface area contributed by atoms with Crippen molar-refractivity contribution >= 4 is 17.7 Å². The van der Waals surface area contributed by atoms with E-state index < -0.39 is 29.1 Å². The number of rotatable bonds is 11. The van der Waals surface area contributed by atoms with Crippen LogP contribution in [-0.2, 0) is 19.1 Å². The van der Waals surface area contributed by atoms with Crippen LogP contribution in [0.2, 0.25) is 0 Å². The van der Waals surface area contributed by atoms with Crippen molar-refractivity contribution in [2.75, 3.05) is 26.7 Å². The van der Waals surface area contributed by atoms with Crippen molar-refractivity contribution < 1.29 is 24.2 Å². The molecule has 0 aromatic carbocycles. The van der Waals surface area contributed by atoms with E-state index in [0.29, 0.717) is 38.8 Å². The summed E-state index contributed by atoms with van der Waals surface area (Å²) in [6.07, 6.45) is 6.42. The molecule has 3 heterocycles. The van der Waals surface area contributed by atoms with Crippen LogP contribution in [0, 0.1) is 11.8 Å². The van der Waals surface area contributed by atoms with E-state index in [9.17, 15) is 14.4 Å². The zero-order valence-corrected chi connectivity index (χ0v) is 18.5. The van der Waals surface area contributed by atoms with Gasteiger partial charge in [-0.15, -0.1) is 0 Å². The number of carbonyl (C=O) groups excluding carboxylic acids is 3. The molecule has 30 heavy (non-hydrogen) atoms. The first-order chi connectivity index (χ1) is 14.4. The maximum atomic E-state index is 13.5. The van der Waals surface area contributed by atoms with Crippen LogP contribution in [0.1, 0.15) is 65.2 Å². The summed E-state index contributed by atoms with van der Waals surface area (Å²) >= 11 is 0. The zero-order valence-electron chi connectivity index (χ0n) is 18.5. The number of hydrogen-bond donors (Lipinski definition) is 3. The Morgan fingerprint density at radius 3 is 2.60 bits per heavy atom. The zero-order chi connectivity index (χ0) is 21.9. The number of amides is 3. The molecule has 3 N–H and O–H groups in total. The molecule has 0 aromatic rings. The summed E-state index contributed by atoms with van der Waals surface area (Å²) in [5.41, 5.74) is -1.65. The Morgan fingerprint density at radius 2 is 1.93 bits per heavy atom. The maximum Gasteiger partial charge on any atom is 0.245 e. The second-order valence-electron chi connectivity index (χ2n) is 9.16. The number of likely N-dealkylation sites (tertiary alicyclic amines) is 1. The quantitative estimate of drug-likeness (QED) is 0.429. The summed E-state index contributed by atoms with van der Waals surface area (Å²) in [6, 6.07) is -0.706. The van der Waals surface area contributed by atoms with Gasteiger partial charge in [0, 0.05) is 26.7 Å². The molecule has 2 bridgehead atoms. The molecule has 170 valence electrons. The Hall–Kier alpha value is -1.67. The Bertz CT molecular complexity index is 671. The van der Waals surface area contributed by atoms with E-state index >= 15 is 0 Å². The van der Waals surface area contributed by atoms with Crippen molar-refractivity contribution in [3.63, 3.8) is 0 Å². The first-order valence-corrected chi connectivity index (χ1v) is 11.5. The number of fused-ring (bicyclic) bond motifs is 1. The van der Waals surface area contributed by atoms with Gasteiger partial charge in [0.05, 0.1) is 17.4 Å². The molecule has 0 saturated carbocycles. The predicted octanol–water partition coefficient (Wildman–Crippen LogP) is 0.966. The van der Waals surface area contributed by atoms with Gasteiger partial charge in [0.1, 0.15) is 11.6 Å². The van der Waals surface area contributed by atoms with Crippen LogP contribution in [0.5, 0.6) is 0 Å². The van der Waals surface area contributed by atoms with Crippen LogP contribution < -0.4 is 10.6 Å². The lowest BCUT2D eigenvalue weighted by Gasteiger charge is -2.33. The van der Waals surface area contributed by atoms with E-state index in [4.69, 9.17) is 9.84 Å². The van der Waals surface area contributed by atoms with Crippen molar-refractivity contribution in [3.05, 3.63) is 0 Å². The highest BCUT2D eigenvalue weighted by Crippen LogP contribution is 2.63. The normalized spacial score (nSPS) is 34.3. The molecule has 3 aliphatic heterocycles. The SMILES string of the molecule is CCCCCNC(=O)C1N(CCCCCO)C(=O)[C@@H]2[C@H](C(=O)NC)[C@]3(C)CCC12O3. The standard InChI is InChI=1S/C22H37N3O5/c1-4-5-7-12-24-19(28)17-22-11-10-21(2,30-22)15(18(27)23-3)16(22)20(29)25(17)13-8-6-9-14-26/h15-17,26H,4-14H2,1-3H3,(H,23,27)(H,24,28)/t15-,16+,17?,21+,22?/m1/s1. The highest BCUT2D eigenvalue weighted by molar-refractivity contribution is 5.99. The molecule has 3 aliphatic rings. The van der Waals surface area contributed by atoms with Gasteiger partial charge in [-0.05, 0) is 45.4 Å². The smallest absolute Gasteiger partial charge is 0.245 e. The average Bonchev–Trinajstić information content (AvgIpc) is 3.29. The molecule has 0 aliphatic carbocycles. The third-order valence-corrected chi connectivity index (χ3v) is 7.19. The topological polar surface area (TPSA) is 108 Å². The molecule has 8 nitrogen and oxygen atoms in total. The molecule has 8 heteroatoms. The number of aliphatic hydroxyl groups excluding tert-OH is 1. The Morgan fingerprint density at radius 1 is 1.17 bits per heavy atom. The number of unbranched alkanes of at least 4 members (excludes halogenated alkanes) is 4. The summed E-state index contributed by atoms with van der Waals surface area (Å²) in [5, 5.41) is 14.8. The lowest BCUT2D eigenvalue weighted by atomic mass is 9.66. The number of nitrogens with zero attached hydrogens (tertiary/aromatic N) is 1. The van der Waals surface area contributed by atoms with Crippen molar-refractivity contribution in [1.29, 1.82) is 0 Å². The molecular weight excluding hydrogens is 386 g/mol. The summed E-state index contributed by atoms with van der Waals surface area (Å²) in [4.78, 5) is 41.2. The minimum Gasteiger partial charge on any atom is -0.396 e. The predicted molar refractivity (Wildman–Crippen MR) is 111 cm³/mol. The third kappa shape index (κ3) is 3.73. The second-order valence-corrected chi connectivity index (χ2v) is 9.16. The molecule has 1 spiro atoms. The maximum absolute atomic E-state index is 13.5. The van der Waals surface area contributed by atoms with Gasteiger partial charge in [-0.25, -0.2) is 0 Å². The molecule has 5 atom stereocenters. The number of hydrogen-bond acceptors (Lipinski definition) is 5. The Labute approximate surface area is 179 Å². The fourth-order valence-corrected chi connectivity index (χ4v) is 5.78. The third-order valence-electron chi connectivity index (χ3n) is 7.19. The van der Waals surface area contributed by atoms with Crippen LogP contribution in [0.15, 0.2) is 0 Å². The van der Waals surface area contributed by atoms with Crippen LogP contribution in [0.25, 0.3) is 0 Å². The fraction of sp³-hybridized carbons (Fsp3) is 0.864. The molecule has 3 rings (SSSR count). The molecule has 3 amide bonds. The lowest BCUT2D eigenvalue weighted by molar-refractivity contribution is -0.146. The van der Waals surface area contributed by atoms with Gasteiger partial charge >= 0.3 is 0 Å². The molecule has 3 fully saturated rings. The number of nitrogens with one attached hydrogen (secondary N) is 2. The van der Waals surface area contributed by atoms with Gasteiger partial charge in [0.15, 0.2) is 0 Å². The molecule has 0 aromatic heterocycles. The largest absolute Gasteiger partial charge is 0.396 e. The fourth-order valence-electron chi connectivity index (χ4n) is 5.78. The van der Waals surface area contributed by atoms with Crippen molar-refractivity contribution in [3.8, 4) is 0 Å². The van der Waals surface area contributed by atoms with Crippen molar-refractivity contribution in [2.24, 2.45) is 11.8 Å². The van der Waals surface area contributed by atoms with E-state index in [1.165, 1.54) is 0 Å². The minimum atomic E-state index is -0.936. The second kappa shape index (κ2) is 9.22. The van der Waals surface area contributed by atoms with Crippen LogP contribution in [-0.4, -0.2) is 71.7 Å². The Kier molecular flexibility index (Phi) is 7.07.